The van der Waals surface area contributed by atoms with E-state index >= 15 is 0 Å². The van der Waals surface area contributed by atoms with Crippen LogP contribution in [0.5, 0.6) is 0 Å². The Labute approximate surface area is 146 Å². The molecule has 0 aromatic carbocycles. The quantitative estimate of drug-likeness (QED) is 0.416. The summed E-state index contributed by atoms with van der Waals surface area (Å²) in [5.41, 5.74) is 2.34. The van der Waals surface area contributed by atoms with Crippen molar-refractivity contribution in [3.05, 3.63) is 17.5 Å². The number of hydrogen-bond donors (Lipinski definition) is 2. The summed E-state index contributed by atoms with van der Waals surface area (Å²) in [7, 11) is 0. The van der Waals surface area contributed by atoms with Gasteiger partial charge in [0, 0.05) is 31.9 Å². The Hall–Kier alpha value is -1.52. The van der Waals surface area contributed by atoms with Gasteiger partial charge in [0.1, 0.15) is 0 Å². The Bertz CT molecular complexity index is 542. The van der Waals surface area contributed by atoms with Crippen LogP contribution >= 0.6 is 0 Å². The summed E-state index contributed by atoms with van der Waals surface area (Å²) in [5.74, 6) is 3.76. The van der Waals surface area contributed by atoms with Crippen molar-refractivity contribution < 1.29 is 0 Å². The molecule has 2 saturated carbocycles. The lowest BCUT2D eigenvalue weighted by molar-refractivity contribution is 0.416. The third-order valence-corrected chi connectivity index (χ3v) is 5.20. The van der Waals surface area contributed by atoms with E-state index in [-0.39, 0.29) is 0 Å². The third kappa shape index (κ3) is 4.99. The third-order valence-electron chi connectivity index (χ3n) is 5.20. The molecule has 2 fully saturated rings. The van der Waals surface area contributed by atoms with Crippen molar-refractivity contribution in [1.82, 2.24) is 20.4 Å². The van der Waals surface area contributed by atoms with Crippen LogP contribution in [0.3, 0.4) is 0 Å². The van der Waals surface area contributed by atoms with Gasteiger partial charge in [-0.2, -0.15) is 5.10 Å². The second-order valence-electron chi connectivity index (χ2n) is 7.49. The maximum atomic E-state index is 4.87. The van der Waals surface area contributed by atoms with E-state index in [0.717, 1.165) is 62.0 Å². The molecule has 5 nitrogen and oxygen atoms in total. The van der Waals surface area contributed by atoms with Gasteiger partial charge in [-0.3, -0.25) is 9.67 Å². The number of nitrogens with zero attached hydrogens (tertiary/aromatic N) is 3. The zero-order valence-corrected chi connectivity index (χ0v) is 15.5. The fourth-order valence-corrected chi connectivity index (χ4v) is 3.61. The summed E-state index contributed by atoms with van der Waals surface area (Å²) in [5, 5.41) is 11.4. The fraction of sp³-hybridized carbons (Fsp3) is 0.789. The minimum Gasteiger partial charge on any atom is -0.357 e. The standard InChI is InChI=1S/C19H33N5/c1-4-20-19(22-13-18(16-6-7-16)17-8-9-17)21-10-5-11-24-15(3)12-14(2)23-24/h12,16-18H,4-11,13H2,1-3H3,(H2,20,21,22). The van der Waals surface area contributed by atoms with E-state index < -0.39 is 0 Å². The number of aliphatic imine (C=N–C) groups is 1. The number of aromatic nitrogens is 2. The molecule has 0 radical (unpaired) electrons. The van der Waals surface area contributed by atoms with Gasteiger partial charge in [0.15, 0.2) is 5.96 Å². The summed E-state index contributed by atoms with van der Waals surface area (Å²) in [6, 6.07) is 2.13. The van der Waals surface area contributed by atoms with Crippen LogP contribution < -0.4 is 10.6 Å². The SMILES string of the molecule is CCNC(=NCC(C1CC1)C1CC1)NCCCn1nc(C)cc1C. The average molecular weight is 332 g/mol. The molecule has 0 bridgehead atoms. The van der Waals surface area contributed by atoms with Gasteiger partial charge in [0.2, 0.25) is 0 Å². The lowest BCUT2D eigenvalue weighted by atomic mass is 9.98. The van der Waals surface area contributed by atoms with Crippen LogP contribution in [0, 0.1) is 31.6 Å². The van der Waals surface area contributed by atoms with Crippen LogP contribution in [0.1, 0.15) is 50.4 Å². The summed E-state index contributed by atoms with van der Waals surface area (Å²) in [6.45, 7) is 10.1. The van der Waals surface area contributed by atoms with Crippen molar-refractivity contribution in [2.24, 2.45) is 22.7 Å². The normalized spacial score (nSPS) is 18.2. The number of rotatable bonds is 9. The van der Waals surface area contributed by atoms with Crippen molar-refractivity contribution in [3.8, 4) is 0 Å². The molecule has 1 aromatic heterocycles. The molecule has 3 rings (SSSR count). The highest BCUT2D eigenvalue weighted by Crippen LogP contribution is 2.49. The van der Waals surface area contributed by atoms with Gasteiger partial charge in [-0.1, -0.05) is 0 Å². The molecule has 0 amide bonds. The zero-order valence-electron chi connectivity index (χ0n) is 15.5. The topological polar surface area (TPSA) is 54.2 Å². The molecule has 0 unspecified atom stereocenters. The van der Waals surface area contributed by atoms with Crippen LogP contribution in [0.4, 0.5) is 0 Å². The summed E-state index contributed by atoms with van der Waals surface area (Å²) >= 11 is 0. The van der Waals surface area contributed by atoms with Gasteiger partial charge in [-0.05, 0) is 76.7 Å². The smallest absolute Gasteiger partial charge is 0.191 e. The Morgan fingerprint density at radius 2 is 1.96 bits per heavy atom. The molecule has 1 aromatic rings. The van der Waals surface area contributed by atoms with E-state index in [2.05, 4.69) is 40.3 Å². The van der Waals surface area contributed by atoms with Crippen LogP contribution in [-0.4, -0.2) is 35.4 Å². The minimum atomic E-state index is 0.843. The Kier molecular flexibility index (Phi) is 5.80. The predicted octanol–water partition coefficient (Wildman–Crippen LogP) is 2.88. The molecule has 0 atom stereocenters. The fourth-order valence-electron chi connectivity index (χ4n) is 3.61. The molecule has 5 heteroatoms. The van der Waals surface area contributed by atoms with Crippen molar-refractivity contribution in [2.45, 2.75) is 59.4 Å². The monoisotopic (exact) mass is 331 g/mol. The largest absolute Gasteiger partial charge is 0.357 e. The molecule has 1 heterocycles. The molecular formula is C19H33N5. The predicted molar refractivity (Wildman–Crippen MR) is 99.2 cm³/mol. The van der Waals surface area contributed by atoms with Gasteiger partial charge < -0.3 is 10.6 Å². The van der Waals surface area contributed by atoms with Crippen LogP contribution in [0.2, 0.25) is 0 Å². The van der Waals surface area contributed by atoms with Gasteiger partial charge in [0.25, 0.3) is 0 Å². The van der Waals surface area contributed by atoms with Crippen LogP contribution in [0.15, 0.2) is 11.1 Å². The second kappa shape index (κ2) is 8.04. The molecular weight excluding hydrogens is 298 g/mol. The average Bonchev–Trinajstić information content (AvgIpc) is 3.44. The van der Waals surface area contributed by atoms with Crippen molar-refractivity contribution >= 4 is 5.96 Å². The molecule has 2 aliphatic carbocycles. The van der Waals surface area contributed by atoms with Gasteiger partial charge in [-0.15, -0.1) is 0 Å². The van der Waals surface area contributed by atoms with Crippen LogP contribution in [0.25, 0.3) is 0 Å². The number of guanidine groups is 1. The lowest BCUT2D eigenvalue weighted by Crippen LogP contribution is -2.38. The second-order valence-corrected chi connectivity index (χ2v) is 7.49. The Morgan fingerprint density at radius 1 is 1.25 bits per heavy atom. The molecule has 2 aliphatic rings. The van der Waals surface area contributed by atoms with Crippen molar-refractivity contribution in [3.63, 3.8) is 0 Å². The molecule has 24 heavy (non-hydrogen) atoms. The highest BCUT2D eigenvalue weighted by atomic mass is 15.3. The summed E-state index contributed by atoms with van der Waals surface area (Å²) in [6.07, 6.45) is 6.79. The summed E-state index contributed by atoms with van der Waals surface area (Å²) in [4.78, 5) is 4.87. The first-order valence-corrected chi connectivity index (χ1v) is 9.70. The first-order chi connectivity index (χ1) is 11.7. The number of aryl methyl sites for hydroxylation is 3. The number of nitrogens with one attached hydrogen (secondary N) is 2. The van der Waals surface area contributed by atoms with E-state index in [9.17, 15) is 0 Å². The Balaban J connectivity index is 1.43. The van der Waals surface area contributed by atoms with Gasteiger partial charge >= 0.3 is 0 Å². The maximum absolute atomic E-state index is 4.87. The van der Waals surface area contributed by atoms with E-state index in [1.807, 2.05) is 6.92 Å². The Morgan fingerprint density at radius 3 is 2.50 bits per heavy atom. The molecule has 134 valence electrons. The zero-order chi connectivity index (χ0) is 16.9. The van der Waals surface area contributed by atoms with E-state index in [0.29, 0.717) is 0 Å². The molecule has 0 saturated heterocycles. The van der Waals surface area contributed by atoms with E-state index in [1.54, 1.807) is 0 Å². The molecule has 2 N–H and O–H groups in total. The molecule has 0 aliphatic heterocycles. The highest BCUT2D eigenvalue weighted by molar-refractivity contribution is 5.79. The van der Waals surface area contributed by atoms with E-state index in [4.69, 9.17) is 4.99 Å². The summed E-state index contributed by atoms with van der Waals surface area (Å²) < 4.78 is 2.09. The van der Waals surface area contributed by atoms with Crippen molar-refractivity contribution in [2.75, 3.05) is 19.6 Å². The first-order valence-electron chi connectivity index (χ1n) is 9.70. The first kappa shape index (κ1) is 17.3. The highest BCUT2D eigenvalue weighted by Gasteiger charge is 2.41. The van der Waals surface area contributed by atoms with Gasteiger partial charge in [-0.25, -0.2) is 0 Å². The maximum Gasteiger partial charge on any atom is 0.191 e. The van der Waals surface area contributed by atoms with Crippen LogP contribution in [-0.2, 0) is 6.54 Å². The van der Waals surface area contributed by atoms with Gasteiger partial charge in [0.05, 0.1) is 5.69 Å². The number of hydrogen-bond acceptors (Lipinski definition) is 2. The van der Waals surface area contributed by atoms with Crippen molar-refractivity contribution in [1.29, 1.82) is 0 Å². The minimum absolute atomic E-state index is 0.843. The lowest BCUT2D eigenvalue weighted by Gasteiger charge is -2.15. The molecule has 0 spiro atoms. The van der Waals surface area contributed by atoms with E-state index in [1.165, 1.54) is 31.4 Å².